The third kappa shape index (κ3) is 6.48. The minimum absolute atomic E-state index is 0.617. The van der Waals surface area contributed by atoms with Gasteiger partial charge in [0, 0.05) is 6.54 Å². The highest BCUT2D eigenvalue weighted by atomic mass is 14.8. The highest BCUT2D eigenvalue weighted by molar-refractivity contribution is 5.18. The van der Waals surface area contributed by atoms with Gasteiger partial charge < -0.3 is 5.32 Å². The molecule has 0 aliphatic carbocycles. The molecule has 0 spiro atoms. The van der Waals surface area contributed by atoms with Crippen LogP contribution in [0.25, 0.3) is 0 Å². The van der Waals surface area contributed by atoms with Crippen LogP contribution in [-0.4, -0.2) is 13.1 Å². The van der Waals surface area contributed by atoms with Crippen LogP contribution in [0.5, 0.6) is 0 Å². The number of unbranched alkanes of at least 4 members (excludes halogenated alkanes) is 4. The molecule has 1 atom stereocenters. The molecule has 1 aromatic rings. The Morgan fingerprint density at radius 2 is 1.71 bits per heavy atom. The molecule has 0 saturated heterocycles. The van der Waals surface area contributed by atoms with Crippen LogP contribution in [0.4, 0.5) is 0 Å². The zero-order valence-corrected chi connectivity index (χ0v) is 11.4. The Balaban J connectivity index is 2.03. The first-order valence-corrected chi connectivity index (χ1v) is 7.10. The molecule has 0 amide bonds. The predicted molar refractivity (Wildman–Crippen MR) is 76.5 cm³/mol. The standard InChI is InChI=1S/C16H27N/c1-3-4-5-6-10-13-17-14-15(2)16-11-8-7-9-12-16/h7-9,11-12,15,17H,3-6,10,13-14H2,1-2H3/t15-/m0/s1. The van der Waals surface area contributed by atoms with E-state index in [0.717, 1.165) is 6.54 Å². The van der Waals surface area contributed by atoms with E-state index < -0.39 is 0 Å². The van der Waals surface area contributed by atoms with Crippen LogP contribution in [0.1, 0.15) is 57.4 Å². The zero-order chi connectivity index (χ0) is 12.3. The second-order valence-electron chi connectivity index (χ2n) is 4.93. The molecule has 1 N–H and O–H groups in total. The summed E-state index contributed by atoms with van der Waals surface area (Å²) in [5.41, 5.74) is 1.44. The van der Waals surface area contributed by atoms with Crippen molar-refractivity contribution in [1.29, 1.82) is 0 Å². The second-order valence-corrected chi connectivity index (χ2v) is 4.93. The van der Waals surface area contributed by atoms with Crippen LogP contribution in [0, 0.1) is 0 Å². The van der Waals surface area contributed by atoms with Gasteiger partial charge in [0.1, 0.15) is 0 Å². The quantitative estimate of drug-likeness (QED) is 0.625. The third-order valence-corrected chi connectivity index (χ3v) is 3.28. The molecule has 0 bridgehead atoms. The SMILES string of the molecule is CCCCCCCNC[C@H](C)c1ccccc1. The summed E-state index contributed by atoms with van der Waals surface area (Å²) in [6.07, 6.45) is 6.81. The van der Waals surface area contributed by atoms with E-state index >= 15 is 0 Å². The van der Waals surface area contributed by atoms with Crippen LogP contribution in [-0.2, 0) is 0 Å². The normalized spacial score (nSPS) is 12.6. The highest BCUT2D eigenvalue weighted by Crippen LogP contribution is 2.12. The van der Waals surface area contributed by atoms with Crippen LogP contribution >= 0.6 is 0 Å². The van der Waals surface area contributed by atoms with Gasteiger partial charge in [-0.3, -0.25) is 0 Å². The Morgan fingerprint density at radius 3 is 2.41 bits per heavy atom. The van der Waals surface area contributed by atoms with Crippen molar-refractivity contribution in [3.8, 4) is 0 Å². The second kappa shape index (κ2) is 9.23. The van der Waals surface area contributed by atoms with Crippen LogP contribution < -0.4 is 5.32 Å². The van der Waals surface area contributed by atoms with Crippen molar-refractivity contribution in [3.63, 3.8) is 0 Å². The number of rotatable bonds is 9. The summed E-state index contributed by atoms with van der Waals surface area (Å²) in [5.74, 6) is 0.617. The molecule has 0 unspecified atom stereocenters. The number of nitrogens with one attached hydrogen (secondary N) is 1. The lowest BCUT2D eigenvalue weighted by Gasteiger charge is -2.12. The van der Waals surface area contributed by atoms with E-state index in [9.17, 15) is 0 Å². The summed E-state index contributed by atoms with van der Waals surface area (Å²) in [6, 6.07) is 10.8. The van der Waals surface area contributed by atoms with Crippen LogP contribution in [0.3, 0.4) is 0 Å². The van der Waals surface area contributed by atoms with Gasteiger partial charge in [-0.05, 0) is 24.4 Å². The summed E-state index contributed by atoms with van der Waals surface area (Å²) in [6.45, 7) is 6.82. The minimum atomic E-state index is 0.617. The molecule has 1 aromatic carbocycles. The topological polar surface area (TPSA) is 12.0 Å². The fourth-order valence-corrected chi connectivity index (χ4v) is 2.07. The van der Waals surface area contributed by atoms with Gasteiger partial charge in [-0.1, -0.05) is 69.9 Å². The van der Waals surface area contributed by atoms with Crippen LogP contribution in [0.2, 0.25) is 0 Å². The average Bonchev–Trinajstić information content (AvgIpc) is 2.38. The maximum atomic E-state index is 3.56. The van der Waals surface area contributed by atoms with Crippen molar-refractivity contribution >= 4 is 0 Å². The Hall–Kier alpha value is -0.820. The summed E-state index contributed by atoms with van der Waals surface area (Å²) in [7, 11) is 0. The maximum absolute atomic E-state index is 3.56. The average molecular weight is 233 g/mol. The molecule has 96 valence electrons. The van der Waals surface area contributed by atoms with Gasteiger partial charge in [-0.25, -0.2) is 0 Å². The molecule has 0 saturated carbocycles. The highest BCUT2D eigenvalue weighted by Gasteiger charge is 2.03. The monoisotopic (exact) mass is 233 g/mol. The Morgan fingerprint density at radius 1 is 1.00 bits per heavy atom. The molecule has 1 heteroatoms. The van der Waals surface area contributed by atoms with Crippen molar-refractivity contribution in [1.82, 2.24) is 5.32 Å². The smallest absolute Gasteiger partial charge is 0.00174 e. The summed E-state index contributed by atoms with van der Waals surface area (Å²) in [5, 5.41) is 3.56. The van der Waals surface area contributed by atoms with Gasteiger partial charge in [-0.15, -0.1) is 0 Å². The number of benzene rings is 1. The molecule has 17 heavy (non-hydrogen) atoms. The van der Waals surface area contributed by atoms with Crippen LogP contribution in [0.15, 0.2) is 30.3 Å². The van der Waals surface area contributed by atoms with E-state index in [4.69, 9.17) is 0 Å². The molecule has 1 nitrogen and oxygen atoms in total. The first-order valence-electron chi connectivity index (χ1n) is 7.10. The molecular formula is C16H27N. The molecule has 0 aromatic heterocycles. The third-order valence-electron chi connectivity index (χ3n) is 3.28. The van der Waals surface area contributed by atoms with E-state index in [1.165, 1.54) is 44.2 Å². The Bertz CT molecular complexity index is 268. The van der Waals surface area contributed by atoms with Gasteiger partial charge in [0.05, 0.1) is 0 Å². The molecule has 0 aliphatic heterocycles. The lowest BCUT2D eigenvalue weighted by molar-refractivity contribution is 0.560. The largest absolute Gasteiger partial charge is 0.316 e. The zero-order valence-electron chi connectivity index (χ0n) is 11.4. The van der Waals surface area contributed by atoms with Crippen molar-refractivity contribution in [3.05, 3.63) is 35.9 Å². The van der Waals surface area contributed by atoms with E-state index in [2.05, 4.69) is 49.5 Å². The van der Waals surface area contributed by atoms with E-state index in [0.29, 0.717) is 5.92 Å². The van der Waals surface area contributed by atoms with Gasteiger partial charge in [0.15, 0.2) is 0 Å². The van der Waals surface area contributed by atoms with E-state index in [1.54, 1.807) is 0 Å². The van der Waals surface area contributed by atoms with Gasteiger partial charge in [-0.2, -0.15) is 0 Å². The Labute approximate surface area is 107 Å². The molecule has 1 rings (SSSR count). The molecule has 0 fully saturated rings. The van der Waals surface area contributed by atoms with Gasteiger partial charge in [0.25, 0.3) is 0 Å². The predicted octanol–water partition coefficient (Wildman–Crippen LogP) is 4.35. The fraction of sp³-hybridized carbons (Fsp3) is 0.625. The van der Waals surface area contributed by atoms with Crippen molar-refractivity contribution in [2.45, 2.75) is 51.9 Å². The summed E-state index contributed by atoms with van der Waals surface area (Å²) in [4.78, 5) is 0. The van der Waals surface area contributed by atoms with Crippen molar-refractivity contribution in [2.75, 3.05) is 13.1 Å². The van der Waals surface area contributed by atoms with Gasteiger partial charge >= 0.3 is 0 Å². The van der Waals surface area contributed by atoms with Gasteiger partial charge in [0.2, 0.25) is 0 Å². The summed E-state index contributed by atoms with van der Waals surface area (Å²) < 4.78 is 0. The molecule has 0 aliphatic rings. The lowest BCUT2D eigenvalue weighted by atomic mass is 10.0. The molecule has 0 radical (unpaired) electrons. The van der Waals surface area contributed by atoms with Crippen molar-refractivity contribution < 1.29 is 0 Å². The van der Waals surface area contributed by atoms with E-state index in [1.807, 2.05) is 0 Å². The molecule has 0 heterocycles. The number of hydrogen-bond donors (Lipinski definition) is 1. The summed E-state index contributed by atoms with van der Waals surface area (Å²) >= 11 is 0. The lowest BCUT2D eigenvalue weighted by Crippen LogP contribution is -2.21. The van der Waals surface area contributed by atoms with E-state index in [-0.39, 0.29) is 0 Å². The van der Waals surface area contributed by atoms with Crippen molar-refractivity contribution in [2.24, 2.45) is 0 Å². The first kappa shape index (κ1) is 14.2. The first-order chi connectivity index (χ1) is 8.34. The Kier molecular flexibility index (Phi) is 7.74. The maximum Gasteiger partial charge on any atom is 0.00174 e. The number of hydrogen-bond acceptors (Lipinski definition) is 1. The fourth-order valence-electron chi connectivity index (χ4n) is 2.07. The molecular weight excluding hydrogens is 206 g/mol. The minimum Gasteiger partial charge on any atom is -0.316 e.